The largest absolute Gasteiger partial charge is 0.328 e. The topological polar surface area (TPSA) is 15.6 Å². The first-order valence-corrected chi connectivity index (χ1v) is 5.89. The monoisotopic (exact) mass is 242 g/mol. The molecule has 1 aromatic carbocycles. The van der Waals surface area contributed by atoms with E-state index in [1.165, 1.54) is 24.1 Å². The third-order valence-corrected chi connectivity index (χ3v) is 3.74. The Morgan fingerprint density at radius 2 is 2.27 bits per heavy atom. The number of anilines is 1. The molecule has 0 bridgehead atoms. The van der Waals surface area contributed by atoms with E-state index < -0.39 is 0 Å². The van der Waals surface area contributed by atoms with E-state index >= 15 is 0 Å². The summed E-state index contributed by atoms with van der Waals surface area (Å²) >= 11 is 7.28. The predicted molar refractivity (Wildman–Crippen MR) is 61.3 cm³/mol. The van der Waals surface area contributed by atoms with Crippen molar-refractivity contribution in [2.75, 3.05) is 4.90 Å². The van der Waals surface area contributed by atoms with Crippen molar-refractivity contribution in [3.05, 3.63) is 23.0 Å². The van der Waals surface area contributed by atoms with Gasteiger partial charge in [-0.2, -0.15) is 0 Å². The van der Waals surface area contributed by atoms with E-state index in [4.69, 9.17) is 11.6 Å². The molecule has 1 fully saturated rings. The third kappa shape index (κ3) is 1.62. The second-order valence-electron chi connectivity index (χ2n) is 3.69. The van der Waals surface area contributed by atoms with Gasteiger partial charge in [-0.1, -0.05) is 11.6 Å². The molecule has 0 amide bonds. The van der Waals surface area contributed by atoms with Gasteiger partial charge in [-0.15, -0.1) is 0 Å². The Hall–Kier alpha value is -0.740. The lowest BCUT2D eigenvalue weighted by Crippen LogP contribution is -2.25. The van der Waals surface area contributed by atoms with Crippen LogP contribution in [0.5, 0.6) is 0 Å². The lowest BCUT2D eigenvalue weighted by Gasteiger charge is -2.25. The van der Waals surface area contributed by atoms with Crippen LogP contribution in [0.3, 0.4) is 0 Å². The highest BCUT2D eigenvalue weighted by Gasteiger charge is 2.32. The third-order valence-electron chi connectivity index (χ3n) is 2.52. The molecule has 15 heavy (non-hydrogen) atoms. The maximum atomic E-state index is 13.2. The molecule has 0 radical (unpaired) electrons. The molecule has 2 aliphatic rings. The maximum absolute atomic E-state index is 13.2. The Labute approximate surface area is 96.3 Å². The van der Waals surface area contributed by atoms with E-state index in [0.717, 1.165) is 23.4 Å². The van der Waals surface area contributed by atoms with Crippen LogP contribution in [-0.4, -0.2) is 12.4 Å². The Morgan fingerprint density at radius 1 is 1.47 bits per heavy atom. The van der Waals surface area contributed by atoms with E-state index in [-0.39, 0.29) is 5.82 Å². The van der Waals surface area contributed by atoms with Crippen LogP contribution in [0.25, 0.3) is 0 Å². The van der Waals surface area contributed by atoms with Crippen molar-refractivity contribution in [3.63, 3.8) is 0 Å². The van der Waals surface area contributed by atoms with Crippen molar-refractivity contribution in [2.45, 2.75) is 23.8 Å². The summed E-state index contributed by atoms with van der Waals surface area (Å²) in [5.41, 5.74) is 0.850. The van der Waals surface area contributed by atoms with Crippen molar-refractivity contribution < 1.29 is 4.39 Å². The Kier molecular flexibility index (Phi) is 2.14. The van der Waals surface area contributed by atoms with Crippen LogP contribution in [-0.2, 0) is 0 Å². The van der Waals surface area contributed by atoms with E-state index in [2.05, 4.69) is 4.40 Å². The van der Waals surface area contributed by atoms with Gasteiger partial charge in [-0.25, -0.2) is 8.79 Å². The standard InChI is InChI=1S/C10H8ClFN2S/c11-8-3-6(12)4-9-10(8)15-13-5-14(9)7-1-2-7/h3-5,7H,1-2H2. The molecule has 0 saturated heterocycles. The van der Waals surface area contributed by atoms with E-state index in [1.54, 1.807) is 6.34 Å². The first-order chi connectivity index (χ1) is 7.25. The number of hydrogen-bond donors (Lipinski definition) is 0. The van der Waals surface area contributed by atoms with Gasteiger partial charge in [-0.3, -0.25) is 0 Å². The number of benzene rings is 1. The summed E-state index contributed by atoms with van der Waals surface area (Å²) in [7, 11) is 0. The summed E-state index contributed by atoms with van der Waals surface area (Å²) in [5.74, 6) is -0.291. The molecule has 78 valence electrons. The zero-order valence-electron chi connectivity index (χ0n) is 7.78. The van der Waals surface area contributed by atoms with Gasteiger partial charge in [0.2, 0.25) is 0 Å². The van der Waals surface area contributed by atoms with Crippen LogP contribution in [0, 0.1) is 5.82 Å². The smallest absolute Gasteiger partial charge is 0.126 e. The Morgan fingerprint density at radius 3 is 3.00 bits per heavy atom. The number of rotatable bonds is 1. The van der Waals surface area contributed by atoms with Crippen molar-refractivity contribution in [2.24, 2.45) is 4.40 Å². The molecule has 0 N–H and O–H groups in total. The normalized spacial score (nSPS) is 19.2. The van der Waals surface area contributed by atoms with Gasteiger partial charge in [0, 0.05) is 18.0 Å². The molecule has 0 spiro atoms. The van der Waals surface area contributed by atoms with E-state index in [0.29, 0.717) is 11.1 Å². The first-order valence-electron chi connectivity index (χ1n) is 4.73. The summed E-state index contributed by atoms with van der Waals surface area (Å²) < 4.78 is 17.4. The van der Waals surface area contributed by atoms with Crippen molar-refractivity contribution >= 4 is 35.6 Å². The van der Waals surface area contributed by atoms with E-state index in [1.807, 2.05) is 4.90 Å². The molecule has 0 atom stereocenters. The summed E-state index contributed by atoms with van der Waals surface area (Å²) in [4.78, 5) is 2.87. The molecular weight excluding hydrogens is 235 g/mol. The van der Waals surface area contributed by atoms with Gasteiger partial charge < -0.3 is 4.90 Å². The quantitative estimate of drug-likeness (QED) is 0.701. The second-order valence-corrected chi connectivity index (χ2v) is 4.90. The molecule has 5 heteroatoms. The van der Waals surface area contributed by atoms with Gasteiger partial charge in [0.15, 0.2) is 0 Å². The van der Waals surface area contributed by atoms with Gasteiger partial charge in [0.05, 0.1) is 15.6 Å². The summed E-state index contributed by atoms with van der Waals surface area (Å²) in [5, 5.41) is 0.442. The minimum absolute atomic E-state index is 0.291. The fourth-order valence-electron chi connectivity index (χ4n) is 1.66. The van der Waals surface area contributed by atoms with Crippen LogP contribution in [0.2, 0.25) is 5.02 Å². The first kappa shape index (κ1) is 9.48. The highest BCUT2D eigenvalue weighted by atomic mass is 35.5. The molecule has 0 unspecified atom stereocenters. The molecule has 1 aliphatic carbocycles. The van der Waals surface area contributed by atoms with Crippen LogP contribution in [0.1, 0.15) is 12.8 Å². The van der Waals surface area contributed by atoms with E-state index in [9.17, 15) is 4.39 Å². The van der Waals surface area contributed by atoms with Crippen LogP contribution in [0.4, 0.5) is 10.1 Å². The summed E-state index contributed by atoms with van der Waals surface area (Å²) in [6.45, 7) is 0. The maximum Gasteiger partial charge on any atom is 0.126 e. The Bertz CT molecular complexity index is 445. The summed E-state index contributed by atoms with van der Waals surface area (Å²) in [6.07, 6.45) is 4.05. The van der Waals surface area contributed by atoms with Gasteiger partial charge in [0.25, 0.3) is 0 Å². The molecule has 1 heterocycles. The number of fused-ring (bicyclic) bond motifs is 1. The summed E-state index contributed by atoms with van der Waals surface area (Å²) in [6, 6.07) is 3.34. The van der Waals surface area contributed by atoms with Crippen LogP contribution in [0.15, 0.2) is 21.4 Å². The zero-order valence-corrected chi connectivity index (χ0v) is 9.35. The van der Waals surface area contributed by atoms with Crippen molar-refractivity contribution in [1.29, 1.82) is 0 Å². The van der Waals surface area contributed by atoms with Gasteiger partial charge in [0.1, 0.15) is 12.2 Å². The second kappa shape index (κ2) is 3.39. The molecule has 1 aliphatic heterocycles. The minimum atomic E-state index is -0.291. The number of nitrogens with zero attached hydrogens (tertiary/aromatic N) is 2. The molecule has 0 aromatic heterocycles. The van der Waals surface area contributed by atoms with Crippen LogP contribution >= 0.6 is 23.5 Å². The lowest BCUT2D eigenvalue weighted by atomic mass is 10.2. The fraction of sp³-hybridized carbons (Fsp3) is 0.300. The SMILES string of the molecule is Fc1cc(Cl)c2c(c1)N(C1CC1)C=NS2. The van der Waals surface area contributed by atoms with Crippen molar-refractivity contribution in [1.82, 2.24) is 0 Å². The molecule has 2 nitrogen and oxygen atoms in total. The molecular formula is C10H8ClFN2S. The van der Waals surface area contributed by atoms with Crippen LogP contribution < -0.4 is 4.90 Å². The zero-order chi connectivity index (χ0) is 10.4. The average Bonchev–Trinajstić information content (AvgIpc) is 3.00. The molecule has 3 rings (SSSR count). The fourth-order valence-corrected chi connectivity index (χ4v) is 2.62. The van der Waals surface area contributed by atoms with Crippen molar-refractivity contribution in [3.8, 4) is 0 Å². The Balaban J connectivity index is 2.12. The highest BCUT2D eigenvalue weighted by Crippen LogP contribution is 2.43. The molecule has 1 saturated carbocycles. The van der Waals surface area contributed by atoms with Gasteiger partial charge in [-0.05, 0) is 25.0 Å². The average molecular weight is 243 g/mol. The number of hydrogen-bond acceptors (Lipinski definition) is 3. The highest BCUT2D eigenvalue weighted by molar-refractivity contribution is 7.98. The molecule has 1 aromatic rings. The number of halogens is 2. The minimum Gasteiger partial charge on any atom is -0.328 e. The lowest BCUT2D eigenvalue weighted by molar-refractivity contribution is 0.626. The predicted octanol–water partition coefficient (Wildman–Crippen LogP) is 3.50. The van der Waals surface area contributed by atoms with Gasteiger partial charge >= 0.3 is 0 Å².